The number of halogens is 2. The van der Waals surface area contributed by atoms with Gasteiger partial charge in [0.1, 0.15) is 5.82 Å². The number of aromatic amines is 1. The summed E-state index contributed by atoms with van der Waals surface area (Å²) < 4.78 is 18.7. The molecule has 0 atom stereocenters. The standard InChI is InChI=1S/C10H9ClFN3O2/c1-17-6-2-4(11)9(12)8(10(6)16)5-3-7(13)15-14-5/h2-3,16H,1H3,(H3,13,14,15). The number of nitrogen functional groups attached to an aromatic ring is 1. The van der Waals surface area contributed by atoms with E-state index in [2.05, 4.69) is 10.2 Å². The summed E-state index contributed by atoms with van der Waals surface area (Å²) in [7, 11) is 1.34. The molecule has 2 rings (SSSR count). The van der Waals surface area contributed by atoms with Gasteiger partial charge in [0.2, 0.25) is 0 Å². The van der Waals surface area contributed by atoms with Crippen LogP contribution in [0.25, 0.3) is 11.3 Å². The number of anilines is 1. The van der Waals surface area contributed by atoms with Crippen LogP contribution in [0, 0.1) is 5.82 Å². The zero-order valence-corrected chi connectivity index (χ0v) is 9.55. The number of H-pyrrole nitrogens is 1. The van der Waals surface area contributed by atoms with Gasteiger partial charge >= 0.3 is 0 Å². The summed E-state index contributed by atoms with van der Waals surface area (Å²) in [5.41, 5.74) is 5.51. The van der Waals surface area contributed by atoms with E-state index in [0.717, 1.165) is 0 Å². The maximum absolute atomic E-state index is 13.8. The molecule has 0 bridgehead atoms. The third-order valence-corrected chi connectivity index (χ3v) is 2.52. The minimum absolute atomic E-state index is 0.0690. The second-order valence-electron chi connectivity index (χ2n) is 3.30. The minimum atomic E-state index is -0.770. The Bertz CT molecular complexity index is 571. The average molecular weight is 258 g/mol. The summed E-state index contributed by atoms with van der Waals surface area (Å²) in [4.78, 5) is 0. The number of rotatable bonds is 2. The molecule has 0 saturated heterocycles. The number of benzene rings is 1. The highest BCUT2D eigenvalue weighted by molar-refractivity contribution is 6.31. The lowest BCUT2D eigenvalue weighted by Crippen LogP contribution is -1.92. The Hall–Kier alpha value is -1.95. The molecule has 0 unspecified atom stereocenters. The second-order valence-corrected chi connectivity index (χ2v) is 3.71. The van der Waals surface area contributed by atoms with E-state index >= 15 is 0 Å². The van der Waals surface area contributed by atoms with Crippen molar-refractivity contribution in [2.24, 2.45) is 0 Å². The fourth-order valence-corrected chi connectivity index (χ4v) is 1.65. The molecule has 0 saturated carbocycles. The molecule has 0 aliphatic heterocycles. The molecule has 1 aromatic carbocycles. The van der Waals surface area contributed by atoms with Crippen molar-refractivity contribution in [3.8, 4) is 22.8 Å². The smallest absolute Gasteiger partial charge is 0.170 e. The predicted molar refractivity (Wildman–Crippen MR) is 61.6 cm³/mol. The van der Waals surface area contributed by atoms with Crippen LogP contribution in [-0.2, 0) is 0 Å². The van der Waals surface area contributed by atoms with Gasteiger partial charge in [-0.1, -0.05) is 11.6 Å². The van der Waals surface area contributed by atoms with E-state index in [1.165, 1.54) is 19.2 Å². The monoisotopic (exact) mass is 257 g/mol. The van der Waals surface area contributed by atoms with E-state index in [4.69, 9.17) is 22.1 Å². The molecule has 7 heteroatoms. The van der Waals surface area contributed by atoms with E-state index in [-0.39, 0.29) is 33.6 Å². The number of hydrogen-bond acceptors (Lipinski definition) is 4. The maximum Gasteiger partial charge on any atom is 0.170 e. The van der Waals surface area contributed by atoms with Crippen molar-refractivity contribution in [2.45, 2.75) is 0 Å². The SMILES string of the molecule is COc1cc(Cl)c(F)c(-c2cc(N)n[nH]2)c1O. The highest BCUT2D eigenvalue weighted by Gasteiger charge is 2.20. The lowest BCUT2D eigenvalue weighted by Gasteiger charge is -2.09. The molecule has 0 aliphatic carbocycles. The molecule has 2 aromatic rings. The number of nitrogens with zero attached hydrogens (tertiary/aromatic N) is 1. The first-order valence-electron chi connectivity index (χ1n) is 4.60. The normalized spacial score (nSPS) is 10.5. The lowest BCUT2D eigenvalue weighted by molar-refractivity contribution is 0.372. The molecule has 5 nitrogen and oxygen atoms in total. The third-order valence-electron chi connectivity index (χ3n) is 2.24. The van der Waals surface area contributed by atoms with E-state index < -0.39 is 5.82 Å². The molecular weight excluding hydrogens is 249 g/mol. The Kier molecular flexibility index (Phi) is 2.81. The van der Waals surface area contributed by atoms with Crippen molar-refractivity contribution in [3.05, 3.63) is 23.0 Å². The van der Waals surface area contributed by atoms with Crippen molar-refractivity contribution in [1.82, 2.24) is 10.2 Å². The fraction of sp³-hybridized carbons (Fsp3) is 0.100. The quantitative estimate of drug-likeness (QED) is 0.770. The van der Waals surface area contributed by atoms with Gasteiger partial charge in [-0.15, -0.1) is 0 Å². The minimum Gasteiger partial charge on any atom is -0.504 e. The highest BCUT2D eigenvalue weighted by Crippen LogP contribution is 2.41. The molecule has 0 radical (unpaired) electrons. The number of phenolic OH excluding ortho intramolecular Hbond substituents is 1. The molecular formula is C10H9ClFN3O2. The largest absolute Gasteiger partial charge is 0.504 e. The Balaban J connectivity index is 2.71. The van der Waals surface area contributed by atoms with Gasteiger partial charge in [0.15, 0.2) is 17.3 Å². The number of nitrogens with two attached hydrogens (primary N) is 1. The van der Waals surface area contributed by atoms with Crippen molar-refractivity contribution in [1.29, 1.82) is 0 Å². The van der Waals surface area contributed by atoms with Crippen LogP contribution in [0.2, 0.25) is 5.02 Å². The number of aromatic hydroxyl groups is 1. The molecule has 1 aromatic heterocycles. The molecule has 0 fully saturated rings. The van der Waals surface area contributed by atoms with E-state index in [9.17, 15) is 9.50 Å². The van der Waals surface area contributed by atoms with Gasteiger partial charge in [-0.25, -0.2) is 4.39 Å². The number of ether oxygens (including phenoxy) is 1. The Morgan fingerprint density at radius 2 is 2.24 bits per heavy atom. The van der Waals surface area contributed by atoms with Gasteiger partial charge < -0.3 is 15.6 Å². The second kappa shape index (κ2) is 4.14. The molecule has 0 amide bonds. The van der Waals surface area contributed by atoms with Gasteiger partial charge in [0.25, 0.3) is 0 Å². The van der Waals surface area contributed by atoms with Crippen LogP contribution in [0.1, 0.15) is 0 Å². The zero-order chi connectivity index (χ0) is 12.6. The molecule has 0 spiro atoms. The summed E-state index contributed by atoms with van der Waals surface area (Å²) in [5.74, 6) is -0.885. The van der Waals surface area contributed by atoms with Crippen LogP contribution in [0.4, 0.5) is 10.2 Å². The zero-order valence-electron chi connectivity index (χ0n) is 8.79. The topological polar surface area (TPSA) is 84.2 Å². The van der Waals surface area contributed by atoms with Gasteiger partial charge in [0.05, 0.1) is 23.4 Å². The van der Waals surface area contributed by atoms with Gasteiger partial charge in [-0.3, -0.25) is 5.10 Å². The Morgan fingerprint density at radius 3 is 2.76 bits per heavy atom. The van der Waals surface area contributed by atoms with Crippen LogP contribution < -0.4 is 10.5 Å². The first-order valence-corrected chi connectivity index (χ1v) is 4.98. The molecule has 4 N–H and O–H groups in total. The maximum atomic E-state index is 13.8. The summed E-state index contributed by atoms with van der Waals surface area (Å²) in [6, 6.07) is 2.57. The Morgan fingerprint density at radius 1 is 1.53 bits per heavy atom. The summed E-state index contributed by atoms with van der Waals surface area (Å²) in [6.07, 6.45) is 0. The van der Waals surface area contributed by atoms with Crippen LogP contribution in [0.5, 0.6) is 11.5 Å². The summed E-state index contributed by atoms with van der Waals surface area (Å²) in [6.45, 7) is 0. The van der Waals surface area contributed by atoms with Crippen LogP contribution >= 0.6 is 11.6 Å². The van der Waals surface area contributed by atoms with Crippen molar-refractivity contribution in [3.63, 3.8) is 0 Å². The van der Waals surface area contributed by atoms with Crippen LogP contribution in [0.3, 0.4) is 0 Å². The van der Waals surface area contributed by atoms with Crippen LogP contribution in [0.15, 0.2) is 12.1 Å². The van der Waals surface area contributed by atoms with Gasteiger partial charge in [-0.2, -0.15) is 5.10 Å². The van der Waals surface area contributed by atoms with Crippen molar-refractivity contribution < 1.29 is 14.2 Å². The lowest BCUT2D eigenvalue weighted by atomic mass is 10.1. The van der Waals surface area contributed by atoms with Gasteiger partial charge in [-0.05, 0) is 0 Å². The van der Waals surface area contributed by atoms with E-state index in [1.807, 2.05) is 0 Å². The highest BCUT2D eigenvalue weighted by atomic mass is 35.5. The average Bonchev–Trinajstić information content (AvgIpc) is 2.70. The first-order chi connectivity index (χ1) is 8.04. The van der Waals surface area contributed by atoms with Gasteiger partial charge in [0, 0.05) is 12.1 Å². The number of methoxy groups -OCH3 is 1. The van der Waals surface area contributed by atoms with Crippen LogP contribution in [-0.4, -0.2) is 22.4 Å². The molecule has 90 valence electrons. The number of aromatic nitrogens is 2. The molecule has 0 aliphatic rings. The molecule has 17 heavy (non-hydrogen) atoms. The van der Waals surface area contributed by atoms with E-state index in [1.54, 1.807) is 0 Å². The number of phenols is 1. The fourth-order valence-electron chi connectivity index (χ4n) is 1.46. The Labute approximate surface area is 101 Å². The van der Waals surface area contributed by atoms with Crippen molar-refractivity contribution in [2.75, 3.05) is 12.8 Å². The number of nitrogens with one attached hydrogen (secondary N) is 1. The number of hydrogen-bond donors (Lipinski definition) is 3. The van der Waals surface area contributed by atoms with Crippen molar-refractivity contribution >= 4 is 17.4 Å². The predicted octanol–water partition coefficient (Wildman–Crippen LogP) is 2.17. The molecule has 1 heterocycles. The third kappa shape index (κ3) is 1.87. The van der Waals surface area contributed by atoms with E-state index in [0.29, 0.717) is 0 Å². The first kappa shape index (κ1) is 11.5. The summed E-state index contributed by atoms with van der Waals surface area (Å²) in [5, 5.41) is 15.8. The summed E-state index contributed by atoms with van der Waals surface area (Å²) >= 11 is 5.69.